The van der Waals surface area contributed by atoms with Gasteiger partial charge in [0.25, 0.3) is 0 Å². The predicted octanol–water partition coefficient (Wildman–Crippen LogP) is 1.03. The Balaban J connectivity index is 2.40. The number of rotatable bonds is 6. The maximum absolute atomic E-state index is 11.9. The Morgan fingerprint density at radius 2 is 2.27 bits per heavy atom. The lowest BCUT2D eigenvalue weighted by molar-refractivity contribution is -0.133. The topological polar surface area (TPSA) is 53.3 Å². The predicted molar refractivity (Wildman–Crippen MR) is 56.0 cm³/mol. The van der Waals surface area contributed by atoms with Crippen molar-refractivity contribution < 1.29 is 9.53 Å². The van der Waals surface area contributed by atoms with Gasteiger partial charge in [-0.2, -0.15) is 5.26 Å². The molecule has 0 aromatic carbocycles. The van der Waals surface area contributed by atoms with Gasteiger partial charge in [0, 0.05) is 26.1 Å². The lowest BCUT2D eigenvalue weighted by Crippen LogP contribution is -2.36. The number of hydrogen-bond acceptors (Lipinski definition) is 3. The number of amides is 1. The number of carbonyl (C=O) groups excluding carboxylic acids is 1. The van der Waals surface area contributed by atoms with E-state index in [2.05, 4.69) is 13.0 Å². The third-order valence-corrected chi connectivity index (χ3v) is 2.80. The van der Waals surface area contributed by atoms with Gasteiger partial charge in [-0.15, -0.1) is 0 Å². The summed E-state index contributed by atoms with van der Waals surface area (Å²) in [6, 6.07) is 2.07. The summed E-state index contributed by atoms with van der Waals surface area (Å²) >= 11 is 0. The molecule has 4 nitrogen and oxygen atoms in total. The quantitative estimate of drug-likeness (QED) is 0.658. The molecule has 0 aromatic rings. The van der Waals surface area contributed by atoms with Crippen LogP contribution in [0.2, 0.25) is 0 Å². The van der Waals surface area contributed by atoms with E-state index in [0.29, 0.717) is 32.0 Å². The van der Waals surface area contributed by atoms with E-state index >= 15 is 0 Å². The summed E-state index contributed by atoms with van der Waals surface area (Å²) in [6.45, 7) is 3.75. The fraction of sp³-hybridized carbons (Fsp3) is 0.818. The summed E-state index contributed by atoms with van der Waals surface area (Å²) in [4.78, 5) is 13.6. The number of nitriles is 1. The van der Waals surface area contributed by atoms with Crippen molar-refractivity contribution in [1.29, 1.82) is 5.26 Å². The van der Waals surface area contributed by atoms with Gasteiger partial charge >= 0.3 is 0 Å². The molecule has 1 rings (SSSR count). The van der Waals surface area contributed by atoms with Gasteiger partial charge in [0.15, 0.2) is 0 Å². The highest BCUT2D eigenvalue weighted by atomic mass is 16.5. The van der Waals surface area contributed by atoms with Gasteiger partial charge in [0.1, 0.15) is 0 Å². The average molecular weight is 210 g/mol. The molecule has 1 fully saturated rings. The van der Waals surface area contributed by atoms with E-state index in [1.807, 2.05) is 0 Å². The van der Waals surface area contributed by atoms with E-state index in [-0.39, 0.29) is 11.8 Å². The van der Waals surface area contributed by atoms with Crippen LogP contribution in [0.1, 0.15) is 19.8 Å². The fourth-order valence-electron chi connectivity index (χ4n) is 1.62. The van der Waals surface area contributed by atoms with Crippen LogP contribution in [0.5, 0.6) is 0 Å². The van der Waals surface area contributed by atoms with E-state index in [4.69, 9.17) is 10.00 Å². The van der Waals surface area contributed by atoms with Gasteiger partial charge in [-0.05, 0) is 12.3 Å². The number of ether oxygens (including phenoxy) is 1. The van der Waals surface area contributed by atoms with Crippen LogP contribution < -0.4 is 0 Å². The fourth-order valence-corrected chi connectivity index (χ4v) is 1.62. The Kier molecular flexibility index (Phi) is 4.57. The number of carbonyl (C=O) groups is 1. The molecule has 2 atom stereocenters. The first-order chi connectivity index (χ1) is 7.20. The highest BCUT2D eigenvalue weighted by molar-refractivity contribution is 5.81. The standard InChI is InChI=1S/C11H18N2O2/c1-9-8-10(9)11(14)13(5-3-4-12)6-7-15-2/h9-10H,3,5-8H2,1-2H3. The van der Waals surface area contributed by atoms with Crippen LogP contribution in [-0.2, 0) is 9.53 Å². The molecule has 4 heteroatoms. The van der Waals surface area contributed by atoms with Crippen molar-refractivity contribution in [3.05, 3.63) is 0 Å². The molecule has 0 aromatic heterocycles. The number of methoxy groups -OCH3 is 1. The smallest absolute Gasteiger partial charge is 0.226 e. The molecule has 1 aliphatic rings. The summed E-state index contributed by atoms with van der Waals surface area (Å²) in [7, 11) is 1.62. The molecule has 2 unspecified atom stereocenters. The molecule has 0 spiro atoms. The zero-order chi connectivity index (χ0) is 11.3. The summed E-state index contributed by atoms with van der Waals surface area (Å²) in [5, 5.41) is 8.51. The second-order valence-electron chi connectivity index (χ2n) is 4.05. The third kappa shape index (κ3) is 3.52. The Morgan fingerprint density at radius 1 is 1.60 bits per heavy atom. The zero-order valence-electron chi connectivity index (χ0n) is 9.40. The summed E-state index contributed by atoms with van der Waals surface area (Å²) in [5.74, 6) is 0.903. The number of nitrogens with zero attached hydrogens (tertiary/aromatic N) is 2. The van der Waals surface area contributed by atoms with Crippen molar-refractivity contribution in [3.63, 3.8) is 0 Å². The average Bonchev–Trinajstić information content (AvgIpc) is 2.95. The van der Waals surface area contributed by atoms with E-state index in [0.717, 1.165) is 6.42 Å². The maximum atomic E-state index is 11.9. The third-order valence-electron chi connectivity index (χ3n) is 2.80. The van der Waals surface area contributed by atoms with E-state index in [9.17, 15) is 4.79 Å². The van der Waals surface area contributed by atoms with Crippen molar-refractivity contribution in [3.8, 4) is 6.07 Å². The first-order valence-electron chi connectivity index (χ1n) is 5.35. The second kappa shape index (κ2) is 5.72. The molecule has 1 amide bonds. The summed E-state index contributed by atoms with van der Waals surface area (Å²) < 4.78 is 4.95. The van der Waals surface area contributed by atoms with Crippen molar-refractivity contribution >= 4 is 5.91 Å². The van der Waals surface area contributed by atoms with Crippen LogP contribution >= 0.6 is 0 Å². The van der Waals surface area contributed by atoms with Gasteiger partial charge in [0.05, 0.1) is 19.1 Å². The SMILES string of the molecule is COCCN(CCC#N)C(=O)C1CC1C. The molecule has 84 valence electrons. The molecule has 1 aliphatic carbocycles. The molecule has 15 heavy (non-hydrogen) atoms. The monoisotopic (exact) mass is 210 g/mol. The Morgan fingerprint density at radius 3 is 2.73 bits per heavy atom. The van der Waals surface area contributed by atoms with Crippen LogP contribution in [-0.4, -0.2) is 37.6 Å². The van der Waals surface area contributed by atoms with Crippen LogP contribution in [0, 0.1) is 23.2 Å². The largest absolute Gasteiger partial charge is 0.383 e. The van der Waals surface area contributed by atoms with Crippen molar-refractivity contribution in [2.75, 3.05) is 26.8 Å². The Labute approximate surface area is 90.8 Å². The van der Waals surface area contributed by atoms with Gasteiger partial charge < -0.3 is 9.64 Å². The summed E-state index contributed by atoms with van der Waals surface area (Å²) in [5.41, 5.74) is 0. The van der Waals surface area contributed by atoms with E-state index in [1.54, 1.807) is 12.0 Å². The lowest BCUT2D eigenvalue weighted by Gasteiger charge is -2.21. The molecule has 0 N–H and O–H groups in total. The van der Waals surface area contributed by atoms with E-state index in [1.165, 1.54) is 0 Å². The Bertz CT molecular complexity index is 260. The Hall–Kier alpha value is -1.08. The van der Waals surface area contributed by atoms with Gasteiger partial charge in [-0.25, -0.2) is 0 Å². The van der Waals surface area contributed by atoms with Crippen LogP contribution in [0.15, 0.2) is 0 Å². The normalized spacial score (nSPS) is 23.3. The molecule has 0 radical (unpaired) electrons. The molecular weight excluding hydrogens is 192 g/mol. The highest BCUT2D eigenvalue weighted by Crippen LogP contribution is 2.39. The van der Waals surface area contributed by atoms with Crippen molar-refractivity contribution in [2.45, 2.75) is 19.8 Å². The van der Waals surface area contributed by atoms with Crippen LogP contribution in [0.25, 0.3) is 0 Å². The van der Waals surface area contributed by atoms with Crippen LogP contribution in [0.4, 0.5) is 0 Å². The van der Waals surface area contributed by atoms with Crippen molar-refractivity contribution in [2.24, 2.45) is 11.8 Å². The lowest BCUT2D eigenvalue weighted by atomic mass is 10.2. The van der Waals surface area contributed by atoms with Gasteiger partial charge in [0.2, 0.25) is 5.91 Å². The molecule has 0 heterocycles. The minimum atomic E-state index is 0.190. The molecule has 0 saturated heterocycles. The minimum Gasteiger partial charge on any atom is -0.383 e. The van der Waals surface area contributed by atoms with Gasteiger partial charge in [-0.3, -0.25) is 4.79 Å². The minimum absolute atomic E-state index is 0.190. The first kappa shape index (κ1) is 12.0. The number of hydrogen-bond donors (Lipinski definition) is 0. The van der Waals surface area contributed by atoms with Gasteiger partial charge in [-0.1, -0.05) is 6.92 Å². The maximum Gasteiger partial charge on any atom is 0.226 e. The second-order valence-corrected chi connectivity index (χ2v) is 4.05. The molecular formula is C11H18N2O2. The first-order valence-corrected chi connectivity index (χ1v) is 5.35. The summed E-state index contributed by atoms with van der Waals surface area (Å²) in [6.07, 6.45) is 1.39. The molecule has 0 bridgehead atoms. The van der Waals surface area contributed by atoms with Crippen molar-refractivity contribution in [1.82, 2.24) is 4.90 Å². The van der Waals surface area contributed by atoms with Crippen LogP contribution in [0.3, 0.4) is 0 Å². The molecule has 0 aliphatic heterocycles. The molecule has 1 saturated carbocycles. The highest BCUT2D eigenvalue weighted by Gasteiger charge is 2.41. The van der Waals surface area contributed by atoms with E-state index < -0.39 is 0 Å². The zero-order valence-corrected chi connectivity index (χ0v) is 9.40.